The number of Topliss-reactive ketones (excluding diaryl/α,β-unsaturated/α-hetero) is 1. The van der Waals surface area contributed by atoms with E-state index in [0.717, 1.165) is 19.4 Å². The van der Waals surface area contributed by atoms with Crippen molar-refractivity contribution in [3.8, 4) is 0 Å². The third kappa shape index (κ3) is 1.56. The first-order chi connectivity index (χ1) is 4.33. The van der Waals surface area contributed by atoms with Crippen LogP contribution in [-0.4, -0.2) is 23.8 Å². The fourth-order valence-electron chi connectivity index (χ4n) is 1.02. The SMILES string of the molecule is C=CN1CCCC(=O)C1. The zero-order valence-corrected chi connectivity index (χ0v) is 5.47. The van der Waals surface area contributed by atoms with Crippen molar-refractivity contribution < 1.29 is 4.79 Å². The molecule has 0 atom stereocenters. The molecule has 0 saturated carbocycles. The van der Waals surface area contributed by atoms with Crippen LogP contribution in [-0.2, 0) is 4.79 Å². The molecule has 9 heavy (non-hydrogen) atoms. The second-order valence-corrected chi connectivity index (χ2v) is 2.30. The predicted octanol–water partition coefficient (Wildman–Crippen LogP) is 0.795. The van der Waals surface area contributed by atoms with Crippen molar-refractivity contribution in [2.24, 2.45) is 0 Å². The lowest BCUT2D eigenvalue weighted by Gasteiger charge is -2.22. The van der Waals surface area contributed by atoms with Gasteiger partial charge in [-0.15, -0.1) is 0 Å². The first-order valence-electron chi connectivity index (χ1n) is 3.21. The molecule has 0 spiro atoms. The average Bonchev–Trinajstić information content (AvgIpc) is 1.88. The van der Waals surface area contributed by atoms with E-state index in [4.69, 9.17) is 0 Å². The second kappa shape index (κ2) is 2.67. The van der Waals surface area contributed by atoms with E-state index in [-0.39, 0.29) is 0 Å². The molecule has 1 aliphatic heterocycles. The number of piperidine rings is 1. The Hall–Kier alpha value is -0.790. The summed E-state index contributed by atoms with van der Waals surface area (Å²) in [5, 5.41) is 0. The van der Waals surface area contributed by atoms with Gasteiger partial charge in [-0.05, 0) is 12.6 Å². The summed E-state index contributed by atoms with van der Waals surface area (Å²) < 4.78 is 0. The Balaban J connectivity index is 2.40. The number of rotatable bonds is 1. The third-order valence-corrected chi connectivity index (χ3v) is 1.54. The summed E-state index contributed by atoms with van der Waals surface area (Å²) in [5.74, 6) is 0.334. The minimum atomic E-state index is 0.334. The second-order valence-electron chi connectivity index (χ2n) is 2.30. The molecule has 0 radical (unpaired) electrons. The van der Waals surface area contributed by atoms with Crippen molar-refractivity contribution in [2.45, 2.75) is 12.8 Å². The molecule has 0 unspecified atom stereocenters. The number of hydrogen-bond donors (Lipinski definition) is 0. The molecule has 2 heteroatoms. The molecule has 0 N–H and O–H groups in total. The molecule has 0 aliphatic carbocycles. The number of nitrogens with zero attached hydrogens (tertiary/aromatic N) is 1. The normalized spacial score (nSPS) is 20.0. The molecule has 1 fully saturated rings. The van der Waals surface area contributed by atoms with E-state index in [2.05, 4.69) is 6.58 Å². The monoisotopic (exact) mass is 125 g/mol. The number of carbonyl (C=O) groups excluding carboxylic acids is 1. The third-order valence-electron chi connectivity index (χ3n) is 1.54. The van der Waals surface area contributed by atoms with Crippen LogP contribution in [0.15, 0.2) is 12.8 Å². The van der Waals surface area contributed by atoms with E-state index in [0.29, 0.717) is 12.3 Å². The van der Waals surface area contributed by atoms with E-state index in [1.54, 1.807) is 6.20 Å². The van der Waals surface area contributed by atoms with Gasteiger partial charge in [0, 0.05) is 13.0 Å². The van der Waals surface area contributed by atoms with Crippen molar-refractivity contribution in [1.82, 2.24) is 4.90 Å². The van der Waals surface area contributed by atoms with Crippen LogP contribution in [0.5, 0.6) is 0 Å². The molecule has 1 aliphatic rings. The van der Waals surface area contributed by atoms with E-state index < -0.39 is 0 Å². The van der Waals surface area contributed by atoms with Crippen molar-refractivity contribution in [3.63, 3.8) is 0 Å². The number of likely N-dealkylation sites (tertiary alicyclic amines) is 1. The van der Waals surface area contributed by atoms with Gasteiger partial charge in [-0.3, -0.25) is 4.79 Å². The summed E-state index contributed by atoms with van der Waals surface area (Å²) in [6.07, 6.45) is 3.48. The summed E-state index contributed by atoms with van der Waals surface area (Å²) in [5.41, 5.74) is 0. The first kappa shape index (κ1) is 6.33. The van der Waals surface area contributed by atoms with E-state index in [1.165, 1.54) is 0 Å². The molecular weight excluding hydrogens is 114 g/mol. The minimum absolute atomic E-state index is 0.334. The van der Waals surface area contributed by atoms with Crippen LogP contribution >= 0.6 is 0 Å². The molecule has 2 nitrogen and oxygen atoms in total. The first-order valence-corrected chi connectivity index (χ1v) is 3.21. The molecule has 50 valence electrons. The Morgan fingerprint density at radius 3 is 2.89 bits per heavy atom. The summed E-state index contributed by atoms with van der Waals surface area (Å²) in [6.45, 7) is 5.16. The van der Waals surface area contributed by atoms with E-state index in [1.807, 2.05) is 4.90 Å². The summed E-state index contributed by atoms with van der Waals surface area (Å²) in [7, 11) is 0. The maximum absolute atomic E-state index is 10.7. The lowest BCUT2D eigenvalue weighted by molar-refractivity contribution is -0.121. The molecule has 1 saturated heterocycles. The van der Waals surface area contributed by atoms with Gasteiger partial charge in [-0.25, -0.2) is 0 Å². The van der Waals surface area contributed by atoms with Gasteiger partial charge < -0.3 is 4.90 Å². The Morgan fingerprint density at radius 2 is 2.44 bits per heavy atom. The van der Waals surface area contributed by atoms with Gasteiger partial charge in [0.2, 0.25) is 0 Å². The average molecular weight is 125 g/mol. The highest BCUT2D eigenvalue weighted by Crippen LogP contribution is 2.04. The van der Waals surface area contributed by atoms with Gasteiger partial charge in [-0.2, -0.15) is 0 Å². The molecule has 1 heterocycles. The summed E-state index contributed by atoms with van der Waals surface area (Å²) >= 11 is 0. The summed E-state index contributed by atoms with van der Waals surface area (Å²) in [4.78, 5) is 12.7. The highest BCUT2D eigenvalue weighted by Gasteiger charge is 2.11. The number of ketones is 1. The molecule has 0 bridgehead atoms. The maximum atomic E-state index is 10.7. The zero-order valence-electron chi connectivity index (χ0n) is 5.47. The fourth-order valence-corrected chi connectivity index (χ4v) is 1.02. The van der Waals surface area contributed by atoms with Crippen molar-refractivity contribution in [1.29, 1.82) is 0 Å². The number of carbonyl (C=O) groups is 1. The number of hydrogen-bond acceptors (Lipinski definition) is 2. The summed E-state index contributed by atoms with van der Waals surface area (Å²) in [6, 6.07) is 0. The van der Waals surface area contributed by atoms with Gasteiger partial charge in [0.05, 0.1) is 6.54 Å². The molecule has 0 aromatic rings. The molecule has 0 aromatic carbocycles. The van der Waals surface area contributed by atoms with Crippen molar-refractivity contribution in [2.75, 3.05) is 13.1 Å². The van der Waals surface area contributed by atoms with Gasteiger partial charge >= 0.3 is 0 Å². The van der Waals surface area contributed by atoms with Gasteiger partial charge in [0.25, 0.3) is 0 Å². The topological polar surface area (TPSA) is 20.3 Å². The lowest BCUT2D eigenvalue weighted by Crippen LogP contribution is -2.30. The van der Waals surface area contributed by atoms with Crippen LogP contribution in [0.3, 0.4) is 0 Å². The van der Waals surface area contributed by atoms with Crippen LogP contribution in [0, 0.1) is 0 Å². The zero-order chi connectivity index (χ0) is 6.69. The Bertz CT molecular complexity index is 131. The van der Waals surface area contributed by atoms with Gasteiger partial charge in [-0.1, -0.05) is 6.58 Å². The van der Waals surface area contributed by atoms with Crippen LogP contribution in [0.25, 0.3) is 0 Å². The lowest BCUT2D eigenvalue weighted by atomic mass is 10.1. The van der Waals surface area contributed by atoms with Crippen LogP contribution < -0.4 is 0 Å². The predicted molar refractivity (Wildman–Crippen MR) is 36.0 cm³/mol. The minimum Gasteiger partial charge on any atom is -0.371 e. The molecule has 1 rings (SSSR count). The van der Waals surface area contributed by atoms with Crippen LogP contribution in [0.2, 0.25) is 0 Å². The van der Waals surface area contributed by atoms with Crippen molar-refractivity contribution in [3.05, 3.63) is 12.8 Å². The molecule has 0 aromatic heterocycles. The highest BCUT2D eigenvalue weighted by atomic mass is 16.1. The van der Waals surface area contributed by atoms with E-state index >= 15 is 0 Å². The molecule has 0 amide bonds. The highest BCUT2D eigenvalue weighted by molar-refractivity contribution is 5.81. The smallest absolute Gasteiger partial charge is 0.152 e. The quantitative estimate of drug-likeness (QED) is 0.516. The van der Waals surface area contributed by atoms with Gasteiger partial charge in [0.1, 0.15) is 0 Å². The maximum Gasteiger partial charge on any atom is 0.152 e. The van der Waals surface area contributed by atoms with Crippen molar-refractivity contribution >= 4 is 5.78 Å². The Labute approximate surface area is 55.2 Å². The van der Waals surface area contributed by atoms with Crippen LogP contribution in [0.4, 0.5) is 0 Å². The largest absolute Gasteiger partial charge is 0.371 e. The fraction of sp³-hybridized carbons (Fsp3) is 0.571. The molecular formula is C7H11NO. The Kier molecular flexibility index (Phi) is 1.88. The van der Waals surface area contributed by atoms with Crippen LogP contribution in [0.1, 0.15) is 12.8 Å². The Morgan fingerprint density at radius 1 is 1.67 bits per heavy atom. The standard InChI is InChI=1S/C7H11NO/c1-2-8-5-3-4-7(9)6-8/h2H,1,3-6H2. The van der Waals surface area contributed by atoms with Gasteiger partial charge in [0.15, 0.2) is 5.78 Å². The van der Waals surface area contributed by atoms with E-state index in [9.17, 15) is 4.79 Å².